The van der Waals surface area contributed by atoms with Crippen molar-refractivity contribution in [2.45, 2.75) is 55.6 Å². The Morgan fingerprint density at radius 3 is 3.03 bits per heavy atom. The van der Waals surface area contributed by atoms with Crippen molar-refractivity contribution in [1.82, 2.24) is 15.2 Å². The van der Waals surface area contributed by atoms with Crippen LogP contribution in [0.25, 0.3) is 0 Å². The van der Waals surface area contributed by atoms with Crippen molar-refractivity contribution in [1.29, 1.82) is 0 Å². The molecule has 3 aliphatic rings. The highest BCUT2D eigenvalue weighted by Crippen LogP contribution is 2.49. The fourth-order valence-electron chi connectivity index (χ4n) is 4.14. The Balaban J connectivity index is 1.55. The molecule has 4 rings (SSSR count). The molecular weight excluding hydrogens is 396 g/mol. The second-order valence-electron chi connectivity index (χ2n) is 7.81. The molecule has 2 N–H and O–H groups in total. The van der Waals surface area contributed by atoms with E-state index in [1.165, 1.54) is 11.8 Å². The minimum absolute atomic E-state index is 0.0978. The van der Waals surface area contributed by atoms with Gasteiger partial charge in [-0.2, -0.15) is 4.98 Å². The number of allylic oxidation sites excluding steroid dienone is 1. The Morgan fingerprint density at radius 2 is 2.34 bits per heavy atom. The average Bonchev–Trinajstić information content (AvgIpc) is 3.00. The van der Waals surface area contributed by atoms with Gasteiger partial charge in [-0.3, -0.25) is 5.10 Å². The summed E-state index contributed by atoms with van der Waals surface area (Å²) in [6, 6.07) is 0. The van der Waals surface area contributed by atoms with Crippen LogP contribution in [0.3, 0.4) is 0 Å². The van der Waals surface area contributed by atoms with Gasteiger partial charge < -0.3 is 14.6 Å². The zero-order valence-electron chi connectivity index (χ0n) is 16.4. The number of nitrogens with zero attached hydrogens (tertiary/aromatic N) is 3. The number of H-pyrrole nitrogens is 1. The molecule has 4 atom stereocenters. The maximum Gasteiger partial charge on any atom is 0.414 e. The molecule has 10 heteroatoms. The molecule has 1 aromatic heterocycles. The number of epoxide rings is 1. The van der Waals surface area contributed by atoms with Gasteiger partial charge in [0.2, 0.25) is 0 Å². The number of fused-ring (bicyclic) bond motifs is 3. The topological polar surface area (TPSA) is 121 Å². The highest BCUT2D eigenvalue weighted by atomic mass is 32.2. The average molecular weight is 420 g/mol. The summed E-state index contributed by atoms with van der Waals surface area (Å²) in [7, 11) is 0. The Kier molecular flexibility index (Phi) is 5.16. The number of hydrogen-bond acceptors (Lipinski definition) is 7. The molecule has 1 amide bonds. The van der Waals surface area contributed by atoms with Crippen LogP contribution < -0.4 is 4.90 Å². The van der Waals surface area contributed by atoms with Crippen molar-refractivity contribution >= 4 is 29.8 Å². The quantitative estimate of drug-likeness (QED) is 0.251. The SMILES string of the molecule is C=C1C(=O)O[C@H]2[C@H]1CC/C(CN(C(=O)O)c1n[nH]c(SC)n1)=C\CC[C@@]1(C)O[C@@H]21. The number of thioether (sulfide) groups is 1. The molecule has 3 heterocycles. The molecule has 0 radical (unpaired) electrons. The van der Waals surface area contributed by atoms with Gasteiger partial charge in [0.05, 0.1) is 12.1 Å². The van der Waals surface area contributed by atoms with E-state index < -0.39 is 6.09 Å². The number of carbonyl (C=O) groups excluding carboxylic acids is 1. The van der Waals surface area contributed by atoms with Crippen molar-refractivity contribution < 1.29 is 24.2 Å². The first-order chi connectivity index (χ1) is 13.8. The number of aromatic amines is 1. The number of esters is 1. The van der Waals surface area contributed by atoms with Crippen LogP contribution in [-0.4, -0.2) is 63.0 Å². The van der Waals surface area contributed by atoms with E-state index in [0.717, 1.165) is 23.3 Å². The molecule has 0 bridgehead atoms. The van der Waals surface area contributed by atoms with E-state index >= 15 is 0 Å². The molecule has 0 aromatic carbocycles. The van der Waals surface area contributed by atoms with Gasteiger partial charge in [0.25, 0.3) is 5.95 Å². The molecule has 0 spiro atoms. The van der Waals surface area contributed by atoms with Gasteiger partial charge in [0.15, 0.2) is 5.16 Å². The molecule has 2 aliphatic heterocycles. The molecule has 9 nitrogen and oxygen atoms in total. The predicted octanol–water partition coefficient (Wildman–Crippen LogP) is 2.77. The third kappa shape index (κ3) is 3.78. The maximum atomic E-state index is 12.1. The van der Waals surface area contributed by atoms with Crippen LogP contribution in [-0.2, 0) is 14.3 Å². The Morgan fingerprint density at radius 1 is 1.55 bits per heavy atom. The van der Waals surface area contributed by atoms with Crippen molar-refractivity contribution in [3.05, 3.63) is 23.8 Å². The van der Waals surface area contributed by atoms with Gasteiger partial charge in [-0.1, -0.05) is 30.0 Å². The lowest BCUT2D eigenvalue weighted by molar-refractivity contribution is -0.140. The zero-order valence-corrected chi connectivity index (χ0v) is 17.2. The molecule has 1 aliphatic carbocycles. The summed E-state index contributed by atoms with van der Waals surface area (Å²) in [5, 5.41) is 17.0. The number of carbonyl (C=O) groups is 2. The van der Waals surface area contributed by atoms with E-state index in [9.17, 15) is 14.7 Å². The normalized spacial score (nSPS) is 33.2. The Bertz CT molecular complexity index is 884. The van der Waals surface area contributed by atoms with Gasteiger partial charge in [-0.15, -0.1) is 5.10 Å². The minimum Gasteiger partial charge on any atom is -0.465 e. The van der Waals surface area contributed by atoms with Crippen LogP contribution in [0, 0.1) is 5.92 Å². The monoisotopic (exact) mass is 420 g/mol. The largest absolute Gasteiger partial charge is 0.465 e. The first kappa shape index (κ1) is 20.0. The summed E-state index contributed by atoms with van der Waals surface area (Å²) >= 11 is 1.36. The van der Waals surface area contributed by atoms with Crippen LogP contribution >= 0.6 is 11.8 Å². The highest BCUT2D eigenvalue weighted by molar-refractivity contribution is 7.98. The number of nitrogens with one attached hydrogen (secondary N) is 1. The van der Waals surface area contributed by atoms with Crippen molar-refractivity contribution in [3.63, 3.8) is 0 Å². The summed E-state index contributed by atoms with van der Waals surface area (Å²) < 4.78 is 11.5. The first-order valence-corrected chi connectivity index (χ1v) is 10.8. The van der Waals surface area contributed by atoms with Crippen LogP contribution in [0.5, 0.6) is 0 Å². The van der Waals surface area contributed by atoms with E-state index in [1.54, 1.807) is 0 Å². The lowest BCUT2D eigenvalue weighted by Crippen LogP contribution is -2.33. The summed E-state index contributed by atoms with van der Waals surface area (Å²) in [6.45, 7) is 6.11. The number of hydrogen-bond donors (Lipinski definition) is 2. The van der Waals surface area contributed by atoms with Crippen LogP contribution in [0.2, 0.25) is 0 Å². The van der Waals surface area contributed by atoms with Gasteiger partial charge >= 0.3 is 12.1 Å². The summed E-state index contributed by atoms with van der Waals surface area (Å²) in [5.41, 5.74) is 1.11. The van der Waals surface area contributed by atoms with Gasteiger partial charge in [-0.25, -0.2) is 14.5 Å². The number of anilines is 1. The third-order valence-corrected chi connectivity index (χ3v) is 6.49. The van der Waals surface area contributed by atoms with Crippen LogP contribution in [0.1, 0.15) is 32.6 Å². The van der Waals surface area contributed by atoms with Crippen LogP contribution in [0.4, 0.5) is 10.7 Å². The van der Waals surface area contributed by atoms with E-state index in [2.05, 4.69) is 27.8 Å². The Labute approximate surface area is 172 Å². The van der Waals surface area contributed by atoms with Crippen molar-refractivity contribution in [2.24, 2.45) is 5.92 Å². The van der Waals surface area contributed by atoms with E-state index in [-0.39, 0.29) is 42.2 Å². The number of amides is 1. The fourth-order valence-corrected chi connectivity index (χ4v) is 4.45. The molecule has 0 saturated carbocycles. The third-order valence-electron chi connectivity index (χ3n) is 5.92. The standard InChI is InChI=1S/C19H24N4O5S/c1-10-12-7-6-11(9-23(18(25)26)16-20-17(29-3)22-21-16)5-4-8-19(2)14(28-19)13(12)27-15(10)24/h5,12-14H,1,4,6-9H2,2-3H3,(H,25,26)(H,20,21,22)/b11-5+/t12-,13-,14-,19+/m0/s1. The molecule has 0 unspecified atom stereocenters. The lowest BCUT2D eigenvalue weighted by Gasteiger charge is -2.22. The zero-order chi connectivity index (χ0) is 20.8. The summed E-state index contributed by atoms with van der Waals surface area (Å²) in [4.78, 5) is 29.2. The molecule has 156 valence electrons. The van der Waals surface area contributed by atoms with E-state index in [0.29, 0.717) is 23.6 Å². The second kappa shape index (κ2) is 7.49. The molecule has 2 fully saturated rings. The fraction of sp³-hybridized carbons (Fsp3) is 0.579. The van der Waals surface area contributed by atoms with Crippen molar-refractivity contribution in [3.8, 4) is 0 Å². The van der Waals surface area contributed by atoms with Gasteiger partial charge in [0.1, 0.15) is 12.2 Å². The number of ether oxygens (including phenoxy) is 2. The van der Waals surface area contributed by atoms with Crippen LogP contribution in [0.15, 0.2) is 29.0 Å². The second-order valence-corrected chi connectivity index (χ2v) is 8.60. The molecular formula is C19H24N4O5S. The number of rotatable bonds is 4. The number of carboxylic acid groups (broad SMARTS) is 1. The van der Waals surface area contributed by atoms with E-state index in [4.69, 9.17) is 9.47 Å². The maximum absolute atomic E-state index is 12.1. The van der Waals surface area contributed by atoms with Gasteiger partial charge in [0, 0.05) is 11.5 Å². The predicted molar refractivity (Wildman–Crippen MR) is 106 cm³/mol. The summed E-state index contributed by atoms with van der Waals surface area (Å²) in [6.07, 6.45) is 5.19. The Hall–Kier alpha value is -2.33. The molecule has 29 heavy (non-hydrogen) atoms. The summed E-state index contributed by atoms with van der Waals surface area (Å²) in [5.74, 6) is -0.361. The highest BCUT2D eigenvalue weighted by Gasteiger charge is 2.61. The molecule has 2 saturated heterocycles. The lowest BCUT2D eigenvalue weighted by atomic mass is 9.84. The van der Waals surface area contributed by atoms with Gasteiger partial charge in [-0.05, 0) is 38.9 Å². The minimum atomic E-state index is -1.12. The number of aromatic nitrogens is 3. The van der Waals surface area contributed by atoms with Crippen molar-refractivity contribution in [2.75, 3.05) is 17.7 Å². The first-order valence-electron chi connectivity index (χ1n) is 9.55. The van der Waals surface area contributed by atoms with E-state index in [1.807, 2.05) is 13.2 Å². The molecule has 1 aromatic rings. The smallest absolute Gasteiger partial charge is 0.414 e.